The number of benzene rings is 2. The zero-order chi connectivity index (χ0) is 13.9. The zero-order valence-electron chi connectivity index (χ0n) is 12.6. The van der Waals surface area contributed by atoms with Gasteiger partial charge in [0, 0.05) is 13.1 Å². The van der Waals surface area contributed by atoms with Gasteiger partial charge >= 0.3 is 0 Å². The molecule has 2 aromatic rings. The first-order valence-electron chi connectivity index (χ1n) is 7.29. The van der Waals surface area contributed by atoms with Crippen molar-refractivity contribution in [1.29, 1.82) is 0 Å². The lowest BCUT2D eigenvalue weighted by Crippen LogP contribution is -2.30. The fourth-order valence-corrected chi connectivity index (χ4v) is 2.97. The van der Waals surface area contributed by atoms with Crippen LogP contribution in [0.4, 0.5) is 0 Å². The maximum atomic E-state index is 5.35. The summed E-state index contributed by atoms with van der Waals surface area (Å²) in [6.07, 6.45) is 1.15. The second-order valence-corrected chi connectivity index (χ2v) is 5.29. The van der Waals surface area contributed by atoms with Crippen molar-refractivity contribution < 1.29 is 4.74 Å². The number of nitrogens with zero attached hydrogens (tertiary/aromatic N) is 1. The monoisotopic (exact) mass is 303 g/mol. The molecule has 1 aliphatic heterocycles. The van der Waals surface area contributed by atoms with E-state index in [1.54, 1.807) is 7.11 Å². The molecule has 0 atom stereocenters. The third kappa shape index (κ3) is 3.22. The van der Waals surface area contributed by atoms with E-state index < -0.39 is 0 Å². The average molecular weight is 304 g/mol. The van der Waals surface area contributed by atoms with Gasteiger partial charge in [0.05, 0.1) is 7.11 Å². The summed E-state index contributed by atoms with van der Waals surface area (Å²) in [7, 11) is 1.72. The molecule has 0 saturated heterocycles. The Hall–Kier alpha value is -1.51. The Labute approximate surface area is 133 Å². The van der Waals surface area contributed by atoms with Crippen molar-refractivity contribution in [3.05, 3.63) is 53.6 Å². The molecule has 0 aromatic heterocycles. The predicted molar refractivity (Wildman–Crippen MR) is 90.3 cm³/mol. The van der Waals surface area contributed by atoms with Gasteiger partial charge in [-0.3, -0.25) is 4.90 Å². The third-order valence-corrected chi connectivity index (χ3v) is 4.18. The number of hydrogen-bond donors (Lipinski definition) is 0. The quantitative estimate of drug-likeness (QED) is 0.844. The summed E-state index contributed by atoms with van der Waals surface area (Å²) in [5.74, 6) is 0.920. The lowest BCUT2D eigenvalue weighted by atomic mass is 9.91. The normalized spacial score (nSPS) is 14.2. The number of likely N-dealkylation sites (N-methyl/N-ethyl adjacent to an activating group) is 1. The lowest BCUT2D eigenvalue weighted by Gasteiger charge is -2.29. The molecule has 0 unspecified atom stereocenters. The number of hydrogen-bond acceptors (Lipinski definition) is 2. The van der Waals surface area contributed by atoms with Crippen molar-refractivity contribution in [2.75, 3.05) is 20.2 Å². The summed E-state index contributed by atoms with van der Waals surface area (Å²) < 4.78 is 5.35. The molecule has 3 heteroatoms. The Balaban J connectivity index is 0.00000161. The number of fused-ring (bicyclic) bond motifs is 1. The number of halogens is 1. The van der Waals surface area contributed by atoms with Gasteiger partial charge in [-0.2, -0.15) is 0 Å². The van der Waals surface area contributed by atoms with E-state index in [1.165, 1.54) is 28.8 Å². The number of ether oxygens (including phenoxy) is 1. The second-order valence-electron chi connectivity index (χ2n) is 5.29. The molecule has 2 nitrogen and oxygen atoms in total. The van der Waals surface area contributed by atoms with Crippen LogP contribution in [0.3, 0.4) is 0 Å². The van der Waals surface area contributed by atoms with Gasteiger partial charge in [-0.15, -0.1) is 12.4 Å². The van der Waals surface area contributed by atoms with Gasteiger partial charge in [-0.1, -0.05) is 37.3 Å². The van der Waals surface area contributed by atoms with E-state index in [0.29, 0.717) is 0 Å². The molecule has 2 aromatic carbocycles. The van der Waals surface area contributed by atoms with Gasteiger partial charge in [0.2, 0.25) is 0 Å². The van der Waals surface area contributed by atoms with Crippen LogP contribution in [-0.2, 0) is 13.0 Å². The molecule has 0 fully saturated rings. The minimum Gasteiger partial charge on any atom is -0.497 e. The highest BCUT2D eigenvalue weighted by molar-refractivity contribution is 5.85. The van der Waals surface area contributed by atoms with Crippen LogP contribution in [0.2, 0.25) is 0 Å². The summed E-state index contributed by atoms with van der Waals surface area (Å²) in [6, 6.07) is 15.0. The molecule has 0 radical (unpaired) electrons. The molecule has 0 bridgehead atoms. The number of rotatable bonds is 3. The van der Waals surface area contributed by atoms with Gasteiger partial charge in [0.25, 0.3) is 0 Å². The Morgan fingerprint density at radius 3 is 2.71 bits per heavy atom. The lowest BCUT2D eigenvalue weighted by molar-refractivity contribution is 0.268. The van der Waals surface area contributed by atoms with Gasteiger partial charge in [0.1, 0.15) is 5.75 Å². The summed E-state index contributed by atoms with van der Waals surface area (Å²) in [5.41, 5.74) is 5.57. The Morgan fingerprint density at radius 2 is 1.95 bits per heavy atom. The van der Waals surface area contributed by atoms with E-state index >= 15 is 0 Å². The van der Waals surface area contributed by atoms with Crippen LogP contribution >= 0.6 is 12.4 Å². The van der Waals surface area contributed by atoms with E-state index in [-0.39, 0.29) is 12.4 Å². The van der Waals surface area contributed by atoms with E-state index in [2.05, 4.69) is 48.2 Å². The second kappa shape index (κ2) is 6.97. The largest absolute Gasteiger partial charge is 0.497 e. The maximum Gasteiger partial charge on any atom is 0.119 e. The molecule has 3 rings (SSSR count). The van der Waals surface area contributed by atoms with E-state index in [9.17, 15) is 0 Å². The van der Waals surface area contributed by atoms with Crippen LogP contribution in [0, 0.1) is 0 Å². The molecule has 1 heterocycles. The van der Waals surface area contributed by atoms with Gasteiger partial charge in [-0.25, -0.2) is 0 Å². The topological polar surface area (TPSA) is 12.5 Å². The molecule has 112 valence electrons. The van der Waals surface area contributed by atoms with Gasteiger partial charge in [-0.05, 0) is 47.4 Å². The molecular formula is C18H22ClNO. The average Bonchev–Trinajstić information content (AvgIpc) is 2.53. The fourth-order valence-electron chi connectivity index (χ4n) is 2.97. The van der Waals surface area contributed by atoms with Crippen LogP contribution in [0.1, 0.15) is 18.1 Å². The molecule has 0 amide bonds. The minimum absolute atomic E-state index is 0. The van der Waals surface area contributed by atoms with Crippen molar-refractivity contribution in [2.45, 2.75) is 19.9 Å². The van der Waals surface area contributed by atoms with Crippen molar-refractivity contribution in [1.82, 2.24) is 4.90 Å². The van der Waals surface area contributed by atoms with Crippen molar-refractivity contribution in [2.24, 2.45) is 0 Å². The van der Waals surface area contributed by atoms with Gasteiger partial charge < -0.3 is 4.74 Å². The Kier molecular flexibility index (Phi) is 5.27. The fraction of sp³-hybridized carbons (Fsp3) is 0.333. The maximum absolute atomic E-state index is 5.35. The van der Waals surface area contributed by atoms with Crippen LogP contribution in [0.5, 0.6) is 5.75 Å². The molecule has 0 aliphatic carbocycles. The highest BCUT2D eigenvalue weighted by Gasteiger charge is 2.18. The van der Waals surface area contributed by atoms with Crippen molar-refractivity contribution in [3.63, 3.8) is 0 Å². The SMILES string of the molecule is CCN1CCc2cccc(-c3cccc(OC)c3)c2C1.Cl. The molecule has 0 saturated carbocycles. The van der Waals surface area contributed by atoms with Crippen LogP contribution in [0.25, 0.3) is 11.1 Å². The van der Waals surface area contributed by atoms with Gasteiger partial charge in [0.15, 0.2) is 0 Å². The van der Waals surface area contributed by atoms with E-state index in [0.717, 1.165) is 25.3 Å². The van der Waals surface area contributed by atoms with Crippen LogP contribution < -0.4 is 4.74 Å². The Morgan fingerprint density at radius 1 is 1.14 bits per heavy atom. The predicted octanol–water partition coefficient (Wildman–Crippen LogP) is 4.16. The molecular weight excluding hydrogens is 282 g/mol. The molecule has 0 spiro atoms. The first kappa shape index (κ1) is 15.9. The highest BCUT2D eigenvalue weighted by Crippen LogP contribution is 2.32. The minimum atomic E-state index is 0. The Bertz CT molecular complexity index is 612. The summed E-state index contributed by atoms with van der Waals surface area (Å²) in [4.78, 5) is 2.51. The summed E-state index contributed by atoms with van der Waals surface area (Å²) in [5, 5.41) is 0. The first-order valence-corrected chi connectivity index (χ1v) is 7.29. The van der Waals surface area contributed by atoms with Crippen LogP contribution in [-0.4, -0.2) is 25.1 Å². The van der Waals surface area contributed by atoms with Crippen molar-refractivity contribution in [3.8, 4) is 16.9 Å². The van der Waals surface area contributed by atoms with Crippen molar-refractivity contribution >= 4 is 12.4 Å². The van der Waals surface area contributed by atoms with E-state index in [1.807, 2.05) is 6.07 Å². The third-order valence-electron chi connectivity index (χ3n) is 4.18. The smallest absolute Gasteiger partial charge is 0.119 e. The van der Waals surface area contributed by atoms with Crippen LogP contribution in [0.15, 0.2) is 42.5 Å². The molecule has 0 N–H and O–H groups in total. The summed E-state index contributed by atoms with van der Waals surface area (Å²) in [6.45, 7) is 5.58. The zero-order valence-corrected chi connectivity index (χ0v) is 13.5. The van der Waals surface area contributed by atoms with E-state index in [4.69, 9.17) is 4.74 Å². The highest BCUT2D eigenvalue weighted by atomic mass is 35.5. The molecule has 21 heavy (non-hydrogen) atoms. The standard InChI is InChI=1S/C18H21NO.ClH/c1-3-19-11-10-14-6-5-9-17(18(14)13-19)15-7-4-8-16(12-15)20-2;/h4-9,12H,3,10-11,13H2,1-2H3;1H. The molecule has 1 aliphatic rings. The first-order chi connectivity index (χ1) is 9.81. The summed E-state index contributed by atoms with van der Waals surface area (Å²) >= 11 is 0. The number of methoxy groups -OCH3 is 1.